The van der Waals surface area contributed by atoms with Gasteiger partial charge in [-0.3, -0.25) is 9.89 Å². The number of nitrogens with one attached hydrogen (secondary N) is 3. The molecule has 43 heavy (non-hydrogen) atoms. The smallest absolute Gasteiger partial charge is 0.258 e. The molecule has 0 unspecified atom stereocenters. The predicted octanol–water partition coefficient (Wildman–Crippen LogP) is 3.03. The lowest BCUT2D eigenvalue weighted by atomic mass is 10.1. The molecule has 14 heteroatoms. The number of nitrogens with zero attached hydrogens (tertiary/aromatic N) is 4. The number of ether oxygens (including phenoxy) is 1. The van der Waals surface area contributed by atoms with Gasteiger partial charge in [0.1, 0.15) is 11.6 Å². The Labute approximate surface area is 249 Å². The van der Waals surface area contributed by atoms with Crippen molar-refractivity contribution in [3.05, 3.63) is 64.9 Å². The minimum Gasteiger partial charge on any atom is -0.381 e. The quantitative estimate of drug-likeness (QED) is 0.371. The van der Waals surface area contributed by atoms with E-state index in [1.54, 1.807) is 6.07 Å². The Morgan fingerprint density at radius 3 is 2.47 bits per heavy atom. The molecule has 11 nitrogen and oxygen atoms in total. The van der Waals surface area contributed by atoms with Crippen molar-refractivity contribution in [3.8, 4) is 0 Å². The highest BCUT2D eigenvalue weighted by Crippen LogP contribution is 2.31. The Morgan fingerprint density at radius 1 is 1.02 bits per heavy atom. The summed E-state index contributed by atoms with van der Waals surface area (Å²) in [4.78, 5) is 17.8. The van der Waals surface area contributed by atoms with Crippen LogP contribution in [0.4, 0.5) is 26.0 Å². The lowest BCUT2D eigenvalue weighted by molar-refractivity contribution is 0.0904. The van der Waals surface area contributed by atoms with Gasteiger partial charge in [-0.1, -0.05) is 0 Å². The van der Waals surface area contributed by atoms with Gasteiger partial charge in [0.15, 0.2) is 5.82 Å². The van der Waals surface area contributed by atoms with Crippen LogP contribution in [0, 0.1) is 11.6 Å². The first-order valence-corrected chi connectivity index (χ1v) is 15.9. The van der Waals surface area contributed by atoms with Gasteiger partial charge in [0.05, 0.1) is 10.5 Å². The van der Waals surface area contributed by atoms with Crippen molar-refractivity contribution in [3.63, 3.8) is 0 Å². The summed E-state index contributed by atoms with van der Waals surface area (Å²) in [6.45, 7) is 4.97. The molecule has 1 aromatic heterocycles. The van der Waals surface area contributed by atoms with E-state index in [9.17, 15) is 22.0 Å². The molecule has 0 saturated carbocycles. The molecule has 2 fully saturated rings. The molecule has 3 N–H and O–H groups in total. The molecule has 0 aliphatic carbocycles. The number of benzene rings is 2. The van der Waals surface area contributed by atoms with Crippen molar-refractivity contribution in [2.24, 2.45) is 0 Å². The summed E-state index contributed by atoms with van der Waals surface area (Å²) in [7, 11) is -2.09. The minimum absolute atomic E-state index is 0.0932. The van der Waals surface area contributed by atoms with Crippen LogP contribution in [0.25, 0.3) is 0 Å². The molecule has 3 aromatic rings. The Bertz CT molecular complexity index is 1580. The fourth-order valence-corrected chi connectivity index (χ4v) is 7.20. The van der Waals surface area contributed by atoms with Crippen LogP contribution in [0.1, 0.15) is 34.5 Å². The van der Waals surface area contributed by atoms with Crippen LogP contribution in [0.15, 0.2) is 41.3 Å². The predicted molar refractivity (Wildman–Crippen MR) is 158 cm³/mol. The summed E-state index contributed by atoms with van der Waals surface area (Å²) in [6.07, 6.45) is 1.95. The average molecular weight is 616 g/mol. The average Bonchev–Trinajstić information content (AvgIpc) is 3.39. The number of rotatable bonds is 7. The Kier molecular flexibility index (Phi) is 8.36. The SMILES string of the molecule is CN1CCN(c2ccc(C(=O)Nc3n[nH]c4c3CN(S(=O)(=O)c3cc(F)cc(F)c3)CC4)c(NC3CCOCC3)c2)CC1. The number of amides is 1. The molecule has 4 heterocycles. The number of hydrogen-bond donors (Lipinski definition) is 3. The van der Waals surface area contributed by atoms with Crippen LogP contribution >= 0.6 is 0 Å². The van der Waals surface area contributed by atoms with Crippen LogP contribution < -0.4 is 15.5 Å². The summed E-state index contributed by atoms with van der Waals surface area (Å²) < 4.78 is 60.8. The normalized spacial score (nSPS) is 18.8. The number of sulfonamides is 1. The molecular weight excluding hydrogens is 580 g/mol. The number of anilines is 3. The maximum absolute atomic E-state index is 13.8. The minimum atomic E-state index is -4.20. The lowest BCUT2D eigenvalue weighted by Crippen LogP contribution is -2.44. The first-order valence-electron chi connectivity index (χ1n) is 14.4. The van der Waals surface area contributed by atoms with E-state index in [-0.39, 0.29) is 30.9 Å². The molecular formula is C29H35F2N7O4S. The molecule has 6 rings (SSSR count). The molecule has 2 aromatic carbocycles. The van der Waals surface area contributed by atoms with Crippen LogP contribution in [0.2, 0.25) is 0 Å². The third-order valence-corrected chi connectivity index (χ3v) is 10.1. The van der Waals surface area contributed by atoms with Gasteiger partial charge < -0.3 is 25.2 Å². The number of aromatic amines is 1. The number of likely N-dealkylation sites (N-methyl/N-ethyl adjacent to an activating group) is 1. The first-order chi connectivity index (χ1) is 20.7. The molecule has 0 bridgehead atoms. The summed E-state index contributed by atoms with van der Waals surface area (Å²) in [5.74, 6) is -2.13. The van der Waals surface area contributed by atoms with Crippen molar-refractivity contribution < 1.29 is 26.7 Å². The fraction of sp³-hybridized carbons (Fsp3) is 0.448. The largest absolute Gasteiger partial charge is 0.381 e. The van der Waals surface area contributed by atoms with Crippen LogP contribution in [-0.2, 0) is 27.7 Å². The molecule has 0 atom stereocenters. The second-order valence-electron chi connectivity index (χ2n) is 11.2. The lowest BCUT2D eigenvalue weighted by Gasteiger charge is -2.34. The van der Waals surface area contributed by atoms with E-state index < -0.39 is 26.6 Å². The van der Waals surface area contributed by atoms with E-state index in [2.05, 4.69) is 37.7 Å². The van der Waals surface area contributed by atoms with Crippen molar-refractivity contribution in [1.29, 1.82) is 0 Å². The van der Waals surface area contributed by atoms with E-state index >= 15 is 0 Å². The summed E-state index contributed by atoms with van der Waals surface area (Å²) >= 11 is 0. The van der Waals surface area contributed by atoms with Gasteiger partial charge in [-0.25, -0.2) is 17.2 Å². The van der Waals surface area contributed by atoms with E-state index in [1.165, 1.54) is 0 Å². The van der Waals surface area contributed by atoms with Gasteiger partial charge in [0.2, 0.25) is 10.0 Å². The van der Waals surface area contributed by atoms with Gasteiger partial charge in [-0.15, -0.1) is 0 Å². The zero-order valence-electron chi connectivity index (χ0n) is 23.9. The van der Waals surface area contributed by atoms with E-state index in [1.807, 2.05) is 12.1 Å². The number of aromatic nitrogens is 2. The summed E-state index contributed by atoms with van der Waals surface area (Å²) in [5, 5.41) is 13.6. The van der Waals surface area contributed by atoms with Gasteiger partial charge in [0, 0.05) is 93.6 Å². The van der Waals surface area contributed by atoms with Gasteiger partial charge >= 0.3 is 0 Å². The van der Waals surface area contributed by atoms with Crippen molar-refractivity contribution in [2.45, 2.75) is 36.7 Å². The number of H-pyrrole nitrogens is 1. The van der Waals surface area contributed by atoms with Crippen molar-refractivity contribution in [2.75, 3.05) is 68.5 Å². The van der Waals surface area contributed by atoms with Gasteiger partial charge in [-0.05, 0) is 50.2 Å². The monoisotopic (exact) mass is 615 g/mol. The van der Waals surface area contributed by atoms with E-state index in [0.29, 0.717) is 48.2 Å². The van der Waals surface area contributed by atoms with Gasteiger partial charge in [-0.2, -0.15) is 9.40 Å². The van der Waals surface area contributed by atoms with E-state index in [0.717, 1.165) is 61.1 Å². The van der Waals surface area contributed by atoms with Crippen molar-refractivity contribution in [1.82, 2.24) is 19.4 Å². The zero-order valence-corrected chi connectivity index (χ0v) is 24.7. The molecule has 230 valence electrons. The zero-order chi connectivity index (χ0) is 30.1. The van der Waals surface area contributed by atoms with Gasteiger partial charge in [0.25, 0.3) is 5.91 Å². The number of hydrogen-bond acceptors (Lipinski definition) is 8. The van der Waals surface area contributed by atoms with E-state index in [4.69, 9.17) is 4.74 Å². The van der Waals surface area contributed by atoms with Crippen molar-refractivity contribution >= 4 is 33.1 Å². The molecule has 0 radical (unpaired) electrons. The topological polar surface area (TPSA) is 123 Å². The summed E-state index contributed by atoms with van der Waals surface area (Å²) in [6, 6.07) is 8.14. The second kappa shape index (κ2) is 12.2. The number of carbonyl (C=O) groups excluding carboxylic acids is 1. The number of halogens is 2. The second-order valence-corrected chi connectivity index (χ2v) is 13.2. The highest BCUT2D eigenvalue weighted by molar-refractivity contribution is 7.89. The Balaban J connectivity index is 1.24. The Morgan fingerprint density at radius 2 is 1.74 bits per heavy atom. The summed E-state index contributed by atoms with van der Waals surface area (Å²) in [5.41, 5.74) is 3.39. The maximum atomic E-state index is 13.8. The Hall–Kier alpha value is -3.59. The molecule has 0 spiro atoms. The standard InChI is InChI=1S/C29H35F2N7O4S/c1-36-8-10-37(11-9-36)22-2-3-24(27(17-22)32-21-5-12-42-13-6-21)29(39)33-28-25-18-38(7-4-26(25)34-35-28)43(40,41)23-15-19(30)14-20(31)16-23/h2-3,14-17,21,32H,4-13,18H2,1H3,(H2,33,34,35,39). The number of fused-ring (bicyclic) bond motifs is 1. The van der Waals surface area contributed by atoms with Crippen LogP contribution in [0.3, 0.4) is 0 Å². The van der Waals surface area contributed by atoms with Crippen LogP contribution in [0.5, 0.6) is 0 Å². The highest BCUT2D eigenvalue weighted by atomic mass is 32.2. The molecule has 2 saturated heterocycles. The fourth-order valence-electron chi connectivity index (χ4n) is 5.75. The van der Waals surface area contributed by atoms with Crippen LogP contribution in [-0.4, -0.2) is 92.8 Å². The number of piperazine rings is 1. The highest BCUT2D eigenvalue weighted by Gasteiger charge is 2.32. The first kappa shape index (κ1) is 29.5. The third-order valence-electron chi connectivity index (χ3n) is 8.30. The number of carbonyl (C=O) groups is 1. The molecule has 1 amide bonds. The molecule has 3 aliphatic heterocycles. The third kappa shape index (κ3) is 6.37. The maximum Gasteiger partial charge on any atom is 0.258 e. The molecule has 3 aliphatic rings.